The Labute approximate surface area is 173 Å². The maximum absolute atomic E-state index is 12.4. The van der Waals surface area contributed by atoms with Crippen LogP contribution in [0.1, 0.15) is 12.2 Å². The molecule has 9 nitrogen and oxygen atoms in total. The highest BCUT2D eigenvalue weighted by Gasteiger charge is 2.19. The molecule has 2 heterocycles. The van der Waals surface area contributed by atoms with Crippen molar-refractivity contribution in [1.29, 1.82) is 0 Å². The highest BCUT2D eigenvalue weighted by atomic mass is 32.2. The molecular formula is C20H22N6O3S. The number of aromatic amines is 1. The fraction of sp³-hybridized carbons (Fsp3) is 0.250. The molecule has 0 saturated carbocycles. The Balaban J connectivity index is 1.49. The summed E-state index contributed by atoms with van der Waals surface area (Å²) in [6, 6.07) is 12.4. The number of aromatic nitrogens is 4. The molecule has 10 heteroatoms. The van der Waals surface area contributed by atoms with Crippen LogP contribution in [0.2, 0.25) is 0 Å². The van der Waals surface area contributed by atoms with Crippen molar-refractivity contribution in [1.82, 2.24) is 23.8 Å². The van der Waals surface area contributed by atoms with E-state index in [1.165, 1.54) is 18.4 Å². The summed E-state index contributed by atoms with van der Waals surface area (Å²) < 4.78 is 27.7. The smallest absolute Gasteiger partial charge is 0.242 e. The first-order chi connectivity index (χ1) is 14.3. The molecule has 0 radical (unpaired) electrons. The van der Waals surface area contributed by atoms with E-state index >= 15 is 0 Å². The maximum Gasteiger partial charge on any atom is 0.242 e. The van der Waals surface area contributed by atoms with Crippen LogP contribution in [0.4, 0.5) is 5.95 Å². The molecule has 2 aromatic heterocycles. The van der Waals surface area contributed by atoms with Gasteiger partial charge in [-0.05, 0) is 30.3 Å². The first kappa shape index (κ1) is 20.0. The molecule has 0 spiro atoms. The molecule has 0 aliphatic heterocycles. The summed E-state index contributed by atoms with van der Waals surface area (Å²) in [7, 11) is 1.30. The average Bonchev–Trinajstić information content (AvgIpc) is 3.26. The fourth-order valence-electron chi connectivity index (χ4n) is 3.26. The van der Waals surface area contributed by atoms with E-state index in [-0.39, 0.29) is 17.2 Å². The molecule has 0 fully saturated rings. The Bertz CT molecular complexity index is 1320. The predicted molar refractivity (Wildman–Crippen MR) is 115 cm³/mol. The quantitative estimate of drug-likeness (QED) is 0.491. The van der Waals surface area contributed by atoms with E-state index in [0.717, 1.165) is 16.6 Å². The highest BCUT2D eigenvalue weighted by molar-refractivity contribution is 7.89. The number of anilines is 1. The molecule has 30 heavy (non-hydrogen) atoms. The van der Waals surface area contributed by atoms with Gasteiger partial charge in [0.25, 0.3) is 0 Å². The van der Waals surface area contributed by atoms with Crippen LogP contribution in [0.5, 0.6) is 0 Å². The predicted octanol–water partition coefficient (Wildman–Crippen LogP) is 2.27. The average molecular weight is 427 g/mol. The molecule has 0 saturated heterocycles. The number of nitrogens with zero attached hydrogens (tertiary/aromatic N) is 4. The summed E-state index contributed by atoms with van der Waals surface area (Å²) >= 11 is 0. The van der Waals surface area contributed by atoms with Gasteiger partial charge in [0.05, 0.1) is 27.0 Å². The molecule has 0 bridgehead atoms. The Morgan fingerprint density at radius 1 is 1.13 bits per heavy atom. The second-order valence-corrected chi connectivity index (χ2v) is 9.33. The summed E-state index contributed by atoms with van der Waals surface area (Å²) in [5.74, 6) is 0.922. The summed E-state index contributed by atoms with van der Waals surface area (Å²) in [6.07, 6.45) is 0.629. The Hall–Kier alpha value is -3.24. The maximum atomic E-state index is 12.4. The van der Waals surface area contributed by atoms with Gasteiger partial charge in [-0.15, -0.1) is 0 Å². The minimum atomic E-state index is -3.53. The van der Waals surface area contributed by atoms with Gasteiger partial charge in [0.15, 0.2) is 0 Å². The van der Waals surface area contributed by atoms with Gasteiger partial charge in [-0.1, -0.05) is 12.1 Å². The van der Waals surface area contributed by atoms with Crippen molar-refractivity contribution in [3.05, 3.63) is 48.3 Å². The Morgan fingerprint density at radius 3 is 2.63 bits per heavy atom. The van der Waals surface area contributed by atoms with Gasteiger partial charge in [-0.2, -0.15) is 0 Å². The zero-order valence-corrected chi connectivity index (χ0v) is 17.7. The summed E-state index contributed by atoms with van der Waals surface area (Å²) in [6.45, 7) is 0. The van der Waals surface area contributed by atoms with Crippen LogP contribution in [0.3, 0.4) is 0 Å². The van der Waals surface area contributed by atoms with Crippen molar-refractivity contribution >= 4 is 43.9 Å². The van der Waals surface area contributed by atoms with Crippen molar-refractivity contribution in [3.63, 3.8) is 0 Å². The first-order valence-corrected chi connectivity index (χ1v) is 10.8. The number of imidazole rings is 2. The standard InChI is InChI=1S/C20H22N6O3S/c1-25(2)30(28,29)13-8-9-17-16(12-13)21-18(26(17)3)10-11-19(27)24-20-22-14-6-4-5-7-15(14)23-20/h4-9,12H,10-11H2,1-3H3,(H2,22,23,24,27). The van der Waals surface area contributed by atoms with Gasteiger partial charge < -0.3 is 9.55 Å². The minimum absolute atomic E-state index is 0.183. The summed E-state index contributed by atoms with van der Waals surface area (Å²) in [5, 5.41) is 2.77. The molecule has 2 aromatic carbocycles. The lowest BCUT2D eigenvalue weighted by Crippen LogP contribution is -2.22. The monoisotopic (exact) mass is 426 g/mol. The molecule has 4 rings (SSSR count). The van der Waals surface area contributed by atoms with E-state index < -0.39 is 10.0 Å². The van der Waals surface area contributed by atoms with Gasteiger partial charge in [-0.3, -0.25) is 10.1 Å². The van der Waals surface area contributed by atoms with Crippen LogP contribution in [-0.4, -0.2) is 52.2 Å². The molecule has 0 atom stereocenters. The molecule has 156 valence electrons. The third kappa shape index (κ3) is 3.66. The number of carbonyl (C=O) groups is 1. The molecule has 0 aliphatic rings. The zero-order valence-electron chi connectivity index (χ0n) is 16.9. The van der Waals surface area contributed by atoms with Crippen LogP contribution in [0.15, 0.2) is 47.4 Å². The number of sulfonamides is 1. The lowest BCUT2D eigenvalue weighted by Gasteiger charge is -2.10. The minimum Gasteiger partial charge on any atom is -0.331 e. The number of carbonyl (C=O) groups excluding carboxylic acids is 1. The van der Waals surface area contributed by atoms with E-state index in [4.69, 9.17) is 0 Å². The zero-order chi connectivity index (χ0) is 21.5. The van der Waals surface area contributed by atoms with Gasteiger partial charge >= 0.3 is 0 Å². The van der Waals surface area contributed by atoms with Crippen molar-refractivity contribution in [2.24, 2.45) is 7.05 Å². The molecular weight excluding hydrogens is 404 g/mol. The van der Waals surface area contributed by atoms with E-state index in [1.807, 2.05) is 35.9 Å². The third-order valence-electron chi connectivity index (χ3n) is 4.95. The normalized spacial score (nSPS) is 12.1. The van der Waals surface area contributed by atoms with Gasteiger partial charge in [0, 0.05) is 34.0 Å². The Morgan fingerprint density at radius 2 is 1.90 bits per heavy atom. The van der Waals surface area contributed by atoms with E-state index in [2.05, 4.69) is 20.3 Å². The number of rotatable bonds is 6. The van der Waals surface area contributed by atoms with Crippen LogP contribution < -0.4 is 5.32 Å². The van der Waals surface area contributed by atoms with E-state index in [0.29, 0.717) is 23.7 Å². The molecule has 4 aromatic rings. The fourth-order valence-corrected chi connectivity index (χ4v) is 4.18. The van der Waals surface area contributed by atoms with Gasteiger partial charge in [0.2, 0.25) is 21.9 Å². The largest absolute Gasteiger partial charge is 0.331 e. The molecule has 2 N–H and O–H groups in total. The van der Waals surface area contributed by atoms with Crippen LogP contribution in [0, 0.1) is 0 Å². The van der Waals surface area contributed by atoms with Crippen molar-refractivity contribution in [3.8, 4) is 0 Å². The van der Waals surface area contributed by atoms with Gasteiger partial charge in [0.1, 0.15) is 5.82 Å². The topological polar surface area (TPSA) is 113 Å². The number of para-hydroxylation sites is 2. The number of H-pyrrole nitrogens is 1. The van der Waals surface area contributed by atoms with E-state index in [1.54, 1.807) is 18.2 Å². The van der Waals surface area contributed by atoms with E-state index in [9.17, 15) is 13.2 Å². The molecule has 1 amide bonds. The third-order valence-corrected chi connectivity index (χ3v) is 6.76. The second kappa shape index (κ2) is 7.54. The summed E-state index contributed by atoms with van der Waals surface area (Å²) in [4.78, 5) is 24.5. The van der Waals surface area contributed by atoms with Gasteiger partial charge in [-0.25, -0.2) is 22.7 Å². The number of aryl methyl sites for hydroxylation is 2. The number of amides is 1. The lowest BCUT2D eigenvalue weighted by atomic mass is 10.3. The highest BCUT2D eigenvalue weighted by Crippen LogP contribution is 2.22. The van der Waals surface area contributed by atoms with Crippen LogP contribution in [0.25, 0.3) is 22.1 Å². The van der Waals surface area contributed by atoms with Crippen LogP contribution in [-0.2, 0) is 28.3 Å². The van der Waals surface area contributed by atoms with Crippen LogP contribution >= 0.6 is 0 Å². The Kier molecular flexibility index (Phi) is 5.04. The molecule has 0 aliphatic carbocycles. The summed E-state index contributed by atoms with van der Waals surface area (Å²) in [5.41, 5.74) is 3.02. The van der Waals surface area contributed by atoms with Crippen molar-refractivity contribution in [2.45, 2.75) is 17.7 Å². The first-order valence-electron chi connectivity index (χ1n) is 9.38. The number of fused-ring (bicyclic) bond motifs is 2. The number of benzene rings is 2. The van der Waals surface area contributed by atoms with Crippen molar-refractivity contribution < 1.29 is 13.2 Å². The number of nitrogens with one attached hydrogen (secondary N) is 2. The van der Waals surface area contributed by atoms with Crippen molar-refractivity contribution in [2.75, 3.05) is 19.4 Å². The lowest BCUT2D eigenvalue weighted by molar-refractivity contribution is -0.116. The molecule has 0 unspecified atom stereocenters. The SMILES string of the molecule is CN(C)S(=O)(=O)c1ccc2c(c1)nc(CCC(=O)Nc1nc3ccccc3[nH]1)n2C. The number of hydrogen-bond donors (Lipinski definition) is 2. The second-order valence-electron chi connectivity index (χ2n) is 7.18. The number of hydrogen-bond acceptors (Lipinski definition) is 5.